The highest BCUT2D eigenvalue weighted by Gasteiger charge is 2.14. The third-order valence-electron chi connectivity index (χ3n) is 3.05. The summed E-state index contributed by atoms with van der Waals surface area (Å²) in [4.78, 5) is 16.5. The van der Waals surface area contributed by atoms with Gasteiger partial charge in [-0.25, -0.2) is 0 Å². The molecule has 0 aliphatic rings. The highest BCUT2D eigenvalue weighted by atomic mass is 16.4. The van der Waals surface area contributed by atoms with E-state index in [1.54, 1.807) is 19.2 Å². The average Bonchev–Trinajstić information content (AvgIpc) is 2.84. The van der Waals surface area contributed by atoms with Crippen LogP contribution in [0.2, 0.25) is 0 Å². The average molecular weight is 268 g/mol. The number of fused-ring (bicyclic) bond motifs is 1. The van der Waals surface area contributed by atoms with E-state index in [0.717, 1.165) is 16.5 Å². The van der Waals surface area contributed by atoms with Gasteiger partial charge in [-0.1, -0.05) is 11.2 Å². The maximum Gasteiger partial charge on any atom is 0.322 e. The summed E-state index contributed by atoms with van der Waals surface area (Å²) in [6, 6.07) is 7.43. The van der Waals surface area contributed by atoms with Crippen LogP contribution in [0.5, 0.6) is 0 Å². The highest BCUT2D eigenvalue weighted by Crippen LogP contribution is 2.20. The maximum atomic E-state index is 12.2. The summed E-state index contributed by atoms with van der Waals surface area (Å²) in [6.07, 6.45) is 1.72. The fourth-order valence-corrected chi connectivity index (χ4v) is 2.06. The Labute approximate surface area is 114 Å². The van der Waals surface area contributed by atoms with E-state index in [0.29, 0.717) is 11.5 Å². The van der Waals surface area contributed by atoms with E-state index in [-0.39, 0.29) is 11.9 Å². The third-order valence-corrected chi connectivity index (χ3v) is 3.05. The minimum atomic E-state index is -0.281. The van der Waals surface area contributed by atoms with Crippen LogP contribution < -0.4 is 5.32 Å². The van der Waals surface area contributed by atoms with Crippen molar-refractivity contribution in [2.45, 2.75) is 13.8 Å². The van der Waals surface area contributed by atoms with Gasteiger partial charge in [-0.3, -0.25) is 15.1 Å². The first kappa shape index (κ1) is 12.3. The van der Waals surface area contributed by atoms with Crippen LogP contribution >= 0.6 is 0 Å². The molecule has 100 valence electrons. The SMILES string of the molecule is Cc1nnc(NC(=O)c2ccc3ncccc3c2C)o1. The fourth-order valence-electron chi connectivity index (χ4n) is 2.06. The van der Waals surface area contributed by atoms with Gasteiger partial charge in [0.15, 0.2) is 0 Å². The standard InChI is InChI=1S/C14H12N4O2/c1-8-10-4-3-7-15-12(10)6-5-11(8)13(19)16-14-18-17-9(2)20-14/h3-7H,1-2H3,(H,16,18,19). The number of nitrogens with one attached hydrogen (secondary N) is 1. The Bertz CT molecular complexity index is 795. The molecule has 6 heteroatoms. The van der Waals surface area contributed by atoms with Gasteiger partial charge in [0.2, 0.25) is 5.89 Å². The van der Waals surface area contributed by atoms with Gasteiger partial charge in [-0.15, -0.1) is 5.10 Å². The number of hydrogen-bond acceptors (Lipinski definition) is 5. The molecule has 0 saturated heterocycles. The Morgan fingerprint density at radius 2 is 2.05 bits per heavy atom. The van der Waals surface area contributed by atoms with Crippen molar-refractivity contribution in [3.63, 3.8) is 0 Å². The molecule has 0 fully saturated rings. The Balaban J connectivity index is 1.97. The summed E-state index contributed by atoms with van der Waals surface area (Å²) in [5.74, 6) is 0.122. The van der Waals surface area contributed by atoms with Gasteiger partial charge in [-0.05, 0) is 30.7 Å². The second-order valence-electron chi connectivity index (χ2n) is 4.39. The maximum absolute atomic E-state index is 12.2. The Morgan fingerprint density at radius 3 is 2.80 bits per heavy atom. The van der Waals surface area contributed by atoms with Crippen molar-refractivity contribution in [2.24, 2.45) is 0 Å². The molecule has 1 aromatic carbocycles. The zero-order chi connectivity index (χ0) is 14.1. The fraction of sp³-hybridized carbons (Fsp3) is 0.143. The lowest BCUT2D eigenvalue weighted by Gasteiger charge is -2.07. The summed E-state index contributed by atoms with van der Waals surface area (Å²) < 4.78 is 5.14. The number of pyridine rings is 1. The van der Waals surface area contributed by atoms with Crippen molar-refractivity contribution < 1.29 is 9.21 Å². The molecule has 3 aromatic rings. The highest BCUT2D eigenvalue weighted by molar-refractivity contribution is 6.07. The Morgan fingerprint density at radius 1 is 1.20 bits per heavy atom. The van der Waals surface area contributed by atoms with E-state index in [1.807, 2.05) is 25.1 Å². The van der Waals surface area contributed by atoms with Crippen molar-refractivity contribution >= 4 is 22.8 Å². The smallest absolute Gasteiger partial charge is 0.322 e. The van der Waals surface area contributed by atoms with E-state index in [9.17, 15) is 4.79 Å². The van der Waals surface area contributed by atoms with Crippen molar-refractivity contribution in [1.82, 2.24) is 15.2 Å². The van der Waals surface area contributed by atoms with Gasteiger partial charge in [0.05, 0.1) is 5.52 Å². The zero-order valence-electron chi connectivity index (χ0n) is 11.0. The van der Waals surface area contributed by atoms with Gasteiger partial charge in [0, 0.05) is 24.1 Å². The minimum Gasteiger partial charge on any atom is -0.408 e. The topological polar surface area (TPSA) is 80.9 Å². The minimum absolute atomic E-state index is 0.0955. The lowest BCUT2D eigenvalue weighted by atomic mass is 10.0. The van der Waals surface area contributed by atoms with E-state index in [4.69, 9.17) is 4.42 Å². The molecule has 0 bridgehead atoms. The first-order valence-electron chi connectivity index (χ1n) is 6.11. The zero-order valence-corrected chi connectivity index (χ0v) is 11.0. The molecule has 0 spiro atoms. The predicted molar refractivity (Wildman–Crippen MR) is 73.5 cm³/mol. The molecule has 0 radical (unpaired) electrons. The quantitative estimate of drug-likeness (QED) is 0.772. The molecule has 0 aliphatic heterocycles. The van der Waals surface area contributed by atoms with Gasteiger partial charge < -0.3 is 4.42 Å². The number of carbonyl (C=O) groups is 1. The predicted octanol–water partition coefficient (Wildman–Crippen LogP) is 2.49. The number of nitrogens with zero attached hydrogens (tertiary/aromatic N) is 3. The molecular formula is C14H12N4O2. The van der Waals surface area contributed by atoms with Crippen LogP contribution in [0.3, 0.4) is 0 Å². The van der Waals surface area contributed by atoms with Crippen LogP contribution in [0.15, 0.2) is 34.9 Å². The second-order valence-corrected chi connectivity index (χ2v) is 4.39. The lowest BCUT2D eigenvalue weighted by molar-refractivity contribution is 0.102. The van der Waals surface area contributed by atoms with Crippen LogP contribution in [0.25, 0.3) is 10.9 Å². The van der Waals surface area contributed by atoms with Crippen LogP contribution in [-0.4, -0.2) is 21.1 Å². The van der Waals surface area contributed by atoms with E-state index in [2.05, 4.69) is 20.5 Å². The van der Waals surface area contributed by atoms with Gasteiger partial charge in [0.1, 0.15) is 0 Å². The molecule has 1 N–H and O–H groups in total. The molecule has 0 unspecified atom stereocenters. The van der Waals surface area contributed by atoms with Gasteiger partial charge in [0.25, 0.3) is 5.91 Å². The second kappa shape index (κ2) is 4.73. The first-order chi connectivity index (χ1) is 9.65. The van der Waals surface area contributed by atoms with Crippen molar-refractivity contribution in [3.05, 3.63) is 47.5 Å². The number of carbonyl (C=O) groups excluding carboxylic acids is 1. The molecule has 0 aliphatic carbocycles. The molecular weight excluding hydrogens is 256 g/mol. The number of rotatable bonds is 2. The largest absolute Gasteiger partial charge is 0.408 e. The van der Waals surface area contributed by atoms with Crippen molar-refractivity contribution in [3.8, 4) is 0 Å². The molecule has 2 heterocycles. The summed E-state index contributed by atoms with van der Waals surface area (Å²) in [6.45, 7) is 3.55. The molecule has 6 nitrogen and oxygen atoms in total. The molecule has 2 aromatic heterocycles. The van der Waals surface area contributed by atoms with Gasteiger partial charge in [-0.2, -0.15) is 0 Å². The molecule has 20 heavy (non-hydrogen) atoms. The number of aryl methyl sites for hydroxylation is 2. The summed E-state index contributed by atoms with van der Waals surface area (Å²) >= 11 is 0. The Kier molecular flexibility index (Phi) is 2.90. The number of benzene rings is 1. The number of anilines is 1. The molecule has 3 rings (SSSR count). The van der Waals surface area contributed by atoms with E-state index in [1.165, 1.54) is 0 Å². The van der Waals surface area contributed by atoms with E-state index >= 15 is 0 Å². The van der Waals surface area contributed by atoms with Crippen LogP contribution in [0, 0.1) is 13.8 Å². The summed E-state index contributed by atoms with van der Waals surface area (Å²) in [7, 11) is 0. The van der Waals surface area contributed by atoms with Gasteiger partial charge >= 0.3 is 6.01 Å². The number of amides is 1. The van der Waals surface area contributed by atoms with E-state index < -0.39 is 0 Å². The third kappa shape index (κ3) is 2.11. The molecule has 0 atom stereocenters. The normalized spacial score (nSPS) is 10.7. The number of hydrogen-bond donors (Lipinski definition) is 1. The first-order valence-corrected chi connectivity index (χ1v) is 6.11. The van der Waals surface area contributed by atoms with Crippen LogP contribution in [0.1, 0.15) is 21.8 Å². The molecule has 1 amide bonds. The lowest BCUT2D eigenvalue weighted by Crippen LogP contribution is -2.13. The number of aromatic nitrogens is 3. The van der Waals surface area contributed by atoms with Crippen molar-refractivity contribution in [1.29, 1.82) is 0 Å². The summed E-state index contributed by atoms with van der Waals surface area (Å²) in [5.41, 5.74) is 2.28. The monoisotopic (exact) mass is 268 g/mol. The summed E-state index contributed by atoms with van der Waals surface area (Å²) in [5, 5.41) is 10.9. The molecule has 0 saturated carbocycles. The van der Waals surface area contributed by atoms with Crippen molar-refractivity contribution in [2.75, 3.05) is 5.32 Å². The Hall–Kier alpha value is -2.76. The van der Waals surface area contributed by atoms with Crippen LogP contribution in [-0.2, 0) is 0 Å². The van der Waals surface area contributed by atoms with Crippen LogP contribution in [0.4, 0.5) is 6.01 Å².